The molecule has 33 heavy (non-hydrogen) atoms. The molecule has 10 heteroatoms. The van der Waals surface area contributed by atoms with E-state index in [0.29, 0.717) is 22.1 Å². The van der Waals surface area contributed by atoms with Gasteiger partial charge in [-0.15, -0.1) is 17.0 Å². The molecule has 5 nitrogen and oxygen atoms in total. The molecular weight excluding hydrogens is 536 g/mol. The zero-order chi connectivity index (χ0) is 22.7. The maximum absolute atomic E-state index is 13.4. The van der Waals surface area contributed by atoms with Crippen LogP contribution in [-0.4, -0.2) is 10.5 Å². The van der Waals surface area contributed by atoms with Crippen LogP contribution in [0.5, 0.6) is 0 Å². The molecular formula is C23H15BrClF2N3O2S. The van der Waals surface area contributed by atoms with E-state index in [1.54, 1.807) is 24.3 Å². The second-order valence-corrected chi connectivity index (χ2v) is 8.04. The molecule has 0 aliphatic heterocycles. The van der Waals surface area contributed by atoms with Gasteiger partial charge in [0.05, 0.1) is 11.4 Å². The van der Waals surface area contributed by atoms with Crippen LogP contribution in [0.25, 0.3) is 5.69 Å². The highest BCUT2D eigenvalue weighted by atomic mass is 79.9. The van der Waals surface area contributed by atoms with E-state index in [-0.39, 0.29) is 26.7 Å². The van der Waals surface area contributed by atoms with Crippen molar-refractivity contribution < 1.29 is 13.6 Å². The van der Waals surface area contributed by atoms with Crippen LogP contribution in [0.1, 0.15) is 9.67 Å². The first-order valence-electron chi connectivity index (χ1n) is 9.29. The van der Waals surface area contributed by atoms with E-state index in [0.717, 1.165) is 11.3 Å². The first kappa shape index (κ1) is 24.5. The number of benzene rings is 3. The topological polar surface area (TPSA) is 63.5 Å². The lowest BCUT2D eigenvalue weighted by Crippen LogP contribution is -2.31. The fourth-order valence-corrected chi connectivity index (χ4v) is 3.87. The molecule has 168 valence electrons. The molecule has 0 spiro atoms. The van der Waals surface area contributed by atoms with Gasteiger partial charge in [-0.2, -0.15) is 0 Å². The van der Waals surface area contributed by atoms with E-state index < -0.39 is 23.1 Å². The molecule has 0 saturated heterocycles. The van der Waals surface area contributed by atoms with Crippen molar-refractivity contribution in [2.45, 2.75) is 0 Å². The van der Waals surface area contributed by atoms with E-state index in [9.17, 15) is 18.4 Å². The Hall–Kier alpha value is -3.14. The Balaban J connectivity index is 0.00000306. The van der Waals surface area contributed by atoms with Crippen molar-refractivity contribution in [1.82, 2.24) is 4.57 Å². The summed E-state index contributed by atoms with van der Waals surface area (Å²) in [6, 6.07) is 18.4. The van der Waals surface area contributed by atoms with Gasteiger partial charge in [-0.3, -0.25) is 14.2 Å². The van der Waals surface area contributed by atoms with Crippen LogP contribution in [0, 0.1) is 11.6 Å². The van der Waals surface area contributed by atoms with Crippen molar-refractivity contribution in [2.24, 2.45) is 4.99 Å². The molecule has 1 aromatic heterocycles. The highest BCUT2D eigenvalue weighted by molar-refractivity contribution is 8.93. The monoisotopic (exact) mass is 549 g/mol. The Bertz CT molecular complexity index is 1400. The quantitative estimate of drug-likeness (QED) is 0.344. The number of carbonyl (C=O) groups excluding carboxylic acids is 1. The smallest absolute Gasteiger partial charge is 0.266 e. The van der Waals surface area contributed by atoms with Gasteiger partial charge in [0.25, 0.3) is 11.5 Å². The van der Waals surface area contributed by atoms with Crippen molar-refractivity contribution in [3.8, 4) is 5.69 Å². The first-order valence-corrected chi connectivity index (χ1v) is 10.5. The Morgan fingerprint density at radius 2 is 1.48 bits per heavy atom. The van der Waals surface area contributed by atoms with Crippen LogP contribution in [0.15, 0.2) is 88.6 Å². The summed E-state index contributed by atoms with van der Waals surface area (Å²) in [4.78, 5) is 30.4. The van der Waals surface area contributed by atoms with Gasteiger partial charge in [0, 0.05) is 16.8 Å². The molecule has 4 aromatic rings. The lowest BCUT2D eigenvalue weighted by Gasteiger charge is -2.09. The zero-order valence-corrected chi connectivity index (χ0v) is 20.0. The summed E-state index contributed by atoms with van der Waals surface area (Å²) in [6.45, 7) is 0. The maximum atomic E-state index is 13.4. The second-order valence-electron chi connectivity index (χ2n) is 6.59. The third kappa shape index (κ3) is 6.01. The Morgan fingerprint density at radius 3 is 2.09 bits per heavy atom. The number of anilines is 1. The third-order valence-electron chi connectivity index (χ3n) is 4.33. The summed E-state index contributed by atoms with van der Waals surface area (Å²) in [6.07, 6.45) is 0. The van der Waals surface area contributed by atoms with Crippen LogP contribution in [0.4, 0.5) is 20.2 Å². The number of carbonyl (C=O) groups is 1. The van der Waals surface area contributed by atoms with E-state index in [1.165, 1.54) is 59.2 Å². The standard InChI is InChI=1S/C23H14ClF2N3O2S.BrH/c24-14-1-7-17(8-2-14)27-22(31)20-13-21(30)29(19-11-5-16(26)6-12-19)23(32-20)28-18-9-3-15(25)4-10-18;/h1-13H,(H,27,31);1H. The molecule has 3 aromatic carbocycles. The van der Waals surface area contributed by atoms with Gasteiger partial charge in [0.1, 0.15) is 16.5 Å². The Labute approximate surface area is 206 Å². The van der Waals surface area contributed by atoms with Crippen molar-refractivity contribution in [3.05, 3.63) is 116 Å². The minimum Gasteiger partial charge on any atom is -0.321 e. The normalized spacial score (nSPS) is 11.1. The summed E-state index contributed by atoms with van der Waals surface area (Å²) in [7, 11) is 0. The molecule has 0 atom stereocenters. The summed E-state index contributed by atoms with van der Waals surface area (Å²) < 4.78 is 27.9. The number of halogens is 4. The number of nitrogens with one attached hydrogen (secondary N) is 1. The van der Waals surface area contributed by atoms with Crippen molar-refractivity contribution >= 4 is 57.2 Å². The van der Waals surface area contributed by atoms with E-state index in [4.69, 9.17) is 11.6 Å². The molecule has 0 bridgehead atoms. The van der Waals surface area contributed by atoms with Crippen LogP contribution >= 0.6 is 39.9 Å². The average Bonchev–Trinajstić information content (AvgIpc) is 2.77. The van der Waals surface area contributed by atoms with Gasteiger partial charge in [-0.1, -0.05) is 22.9 Å². The second kappa shape index (κ2) is 10.7. The summed E-state index contributed by atoms with van der Waals surface area (Å²) in [5.41, 5.74) is 0.732. The lowest BCUT2D eigenvalue weighted by molar-refractivity contribution is 0.103. The molecule has 4 rings (SSSR count). The number of nitrogens with zero attached hydrogens (tertiary/aromatic N) is 2. The van der Waals surface area contributed by atoms with E-state index in [2.05, 4.69) is 10.3 Å². The number of hydrogen-bond acceptors (Lipinski definition) is 4. The highest BCUT2D eigenvalue weighted by Crippen LogP contribution is 2.16. The summed E-state index contributed by atoms with van der Waals surface area (Å²) in [5.74, 6) is -1.39. The van der Waals surface area contributed by atoms with Gasteiger partial charge in [0.15, 0.2) is 4.80 Å². The average molecular weight is 551 g/mol. The van der Waals surface area contributed by atoms with Crippen LogP contribution in [0.3, 0.4) is 0 Å². The molecule has 0 aliphatic carbocycles. The van der Waals surface area contributed by atoms with Crippen LogP contribution in [0.2, 0.25) is 5.02 Å². The molecule has 1 N–H and O–H groups in total. The summed E-state index contributed by atoms with van der Waals surface area (Å²) >= 11 is 6.83. The van der Waals surface area contributed by atoms with Crippen molar-refractivity contribution in [3.63, 3.8) is 0 Å². The van der Waals surface area contributed by atoms with Gasteiger partial charge >= 0.3 is 0 Å². The minimum atomic E-state index is -0.530. The van der Waals surface area contributed by atoms with Crippen molar-refractivity contribution in [1.29, 1.82) is 0 Å². The fraction of sp³-hybridized carbons (Fsp3) is 0. The molecule has 0 saturated carbocycles. The van der Waals surface area contributed by atoms with Gasteiger partial charge in [-0.05, 0) is 72.8 Å². The molecule has 0 fully saturated rings. The first-order chi connectivity index (χ1) is 15.4. The molecule has 1 amide bonds. The largest absolute Gasteiger partial charge is 0.321 e. The molecule has 0 radical (unpaired) electrons. The van der Waals surface area contributed by atoms with E-state index >= 15 is 0 Å². The number of amides is 1. The minimum absolute atomic E-state index is 0. The van der Waals surface area contributed by atoms with Crippen LogP contribution in [-0.2, 0) is 0 Å². The fourth-order valence-electron chi connectivity index (χ4n) is 2.81. The van der Waals surface area contributed by atoms with Gasteiger partial charge < -0.3 is 5.32 Å². The molecule has 0 aliphatic rings. The van der Waals surface area contributed by atoms with Gasteiger partial charge in [0.2, 0.25) is 0 Å². The summed E-state index contributed by atoms with van der Waals surface area (Å²) in [5, 5.41) is 3.22. The lowest BCUT2D eigenvalue weighted by atomic mass is 10.3. The zero-order valence-electron chi connectivity index (χ0n) is 16.7. The van der Waals surface area contributed by atoms with E-state index in [1.807, 2.05) is 0 Å². The number of rotatable bonds is 4. The molecule has 0 unspecified atom stereocenters. The number of aromatic nitrogens is 1. The van der Waals surface area contributed by atoms with Crippen molar-refractivity contribution in [2.75, 3.05) is 5.32 Å². The highest BCUT2D eigenvalue weighted by Gasteiger charge is 2.13. The maximum Gasteiger partial charge on any atom is 0.266 e. The van der Waals surface area contributed by atoms with Crippen LogP contribution < -0.4 is 15.7 Å². The third-order valence-corrected chi connectivity index (χ3v) is 5.56. The number of hydrogen-bond donors (Lipinski definition) is 1. The predicted molar refractivity (Wildman–Crippen MR) is 131 cm³/mol. The Morgan fingerprint density at radius 1 is 0.909 bits per heavy atom. The van der Waals surface area contributed by atoms with Gasteiger partial charge in [-0.25, -0.2) is 13.8 Å². The Kier molecular flexibility index (Phi) is 7.91. The predicted octanol–water partition coefficient (Wildman–Crippen LogP) is 5.89. The SMILES string of the molecule is Br.O=C(Nc1ccc(Cl)cc1)c1cc(=O)n(-c2ccc(F)cc2)c(=Nc2ccc(F)cc2)s1. The molecule has 1 heterocycles.